The lowest BCUT2D eigenvalue weighted by molar-refractivity contribution is 0.297. The highest BCUT2D eigenvalue weighted by atomic mass is 35.5. The van der Waals surface area contributed by atoms with Crippen molar-refractivity contribution in [3.05, 3.63) is 22.7 Å². The average Bonchev–Trinajstić information content (AvgIpc) is 3.22. The van der Waals surface area contributed by atoms with Crippen molar-refractivity contribution >= 4 is 11.6 Å². The molecule has 1 aliphatic carbocycles. The van der Waals surface area contributed by atoms with Crippen molar-refractivity contribution in [3.63, 3.8) is 0 Å². The molecule has 4 nitrogen and oxygen atoms in total. The number of hydrogen-bond acceptors (Lipinski definition) is 4. The predicted molar refractivity (Wildman–Crippen MR) is 71.6 cm³/mol. The summed E-state index contributed by atoms with van der Waals surface area (Å²) in [5.74, 6) is 1.23. The minimum Gasteiger partial charge on any atom is -0.489 e. The molecule has 0 aromatic heterocycles. The Labute approximate surface area is 117 Å². The lowest BCUT2D eigenvalue weighted by Gasteiger charge is -2.15. The summed E-state index contributed by atoms with van der Waals surface area (Å²) in [5.41, 5.74) is 0.837. The van der Waals surface area contributed by atoms with Gasteiger partial charge in [0.15, 0.2) is 11.5 Å². The molecule has 1 aliphatic heterocycles. The molecule has 0 bridgehead atoms. The largest absolute Gasteiger partial charge is 0.489 e. The maximum absolute atomic E-state index is 9.28. The molecule has 1 aromatic carbocycles. The van der Waals surface area contributed by atoms with Gasteiger partial charge in [-0.25, -0.2) is 0 Å². The first kappa shape index (κ1) is 12.6. The minimum atomic E-state index is -0.345. The van der Waals surface area contributed by atoms with E-state index in [1.165, 1.54) is 0 Å². The van der Waals surface area contributed by atoms with E-state index in [-0.39, 0.29) is 6.04 Å². The fourth-order valence-corrected chi connectivity index (χ4v) is 2.38. The molecule has 5 heteroatoms. The smallest absolute Gasteiger partial charge is 0.179 e. The predicted octanol–water partition coefficient (Wildman–Crippen LogP) is 2.82. The van der Waals surface area contributed by atoms with Crippen molar-refractivity contribution in [1.29, 1.82) is 5.26 Å². The molecule has 1 fully saturated rings. The SMILES string of the molecule is N#CC(NC1CC1)c1cc(Cl)c2c(c1)OCCCO2. The van der Waals surface area contributed by atoms with Crippen molar-refractivity contribution < 1.29 is 9.47 Å². The summed E-state index contributed by atoms with van der Waals surface area (Å²) >= 11 is 6.23. The molecule has 19 heavy (non-hydrogen) atoms. The summed E-state index contributed by atoms with van der Waals surface area (Å²) in [6.07, 6.45) is 3.11. The quantitative estimate of drug-likeness (QED) is 0.924. The molecule has 0 radical (unpaired) electrons. The number of ether oxygens (including phenoxy) is 2. The minimum absolute atomic E-state index is 0.345. The number of nitrogens with one attached hydrogen (secondary N) is 1. The van der Waals surface area contributed by atoms with Gasteiger partial charge in [0.1, 0.15) is 6.04 Å². The van der Waals surface area contributed by atoms with Gasteiger partial charge < -0.3 is 9.47 Å². The lowest BCUT2D eigenvalue weighted by atomic mass is 10.1. The van der Waals surface area contributed by atoms with Gasteiger partial charge in [0.05, 0.1) is 24.3 Å². The maximum atomic E-state index is 9.28. The van der Waals surface area contributed by atoms with Crippen LogP contribution in [0.25, 0.3) is 0 Å². The zero-order valence-electron chi connectivity index (χ0n) is 10.5. The second kappa shape index (κ2) is 5.28. The van der Waals surface area contributed by atoms with E-state index in [1.54, 1.807) is 6.07 Å². The van der Waals surface area contributed by atoms with Gasteiger partial charge in [-0.2, -0.15) is 5.26 Å². The third-order valence-electron chi connectivity index (χ3n) is 3.27. The summed E-state index contributed by atoms with van der Waals surface area (Å²) in [6, 6.07) is 6.03. The molecular weight excluding hydrogens is 264 g/mol. The van der Waals surface area contributed by atoms with Crippen LogP contribution in [0.3, 0.4) is 0 Å². The van der Waals surface area contributed by atoms with E-state index in [4.69, 9.17) is 21.1 Å². The second-order valence-corrected chi connectivity index (χ2v) is 5.29. The maximum Gasteiger partial charge on any atom is 0.179 e. The van der Waals surface area contributed by atoms with Crippen LogP contribution in [-0.4, -0.2) is 19.3 Å². The van der Waals surface area contributed by atoms with Gasteiger partial charge in [-0.1, -0.05) is 11.6 Å². The topological polar surface area (TPSA) is 54.3 Å². The average molecular weight is 279 g/mol. The Morgan fingerprint density at radius 2 is 2.11 bits per heavy atom. The van der Waals surface area contributed by atoms with Crippen LogP contribution >= 0.6 is 11.6 Å². The number of fused-ring (bicyclic) bond motifs is 1. The fraction of sp³-hybridized carbons (Fsp3) is 0.500. The lowest BCUT2D eigenvalue weighted by Crippen LogP contribution is -2.22. The molecule has 0 saturated heterocycles. The molecule has 1 heterocycles. The van der Waals surface area contributed by atoms with Gasteiger partial charge in [0.2, 0.25) is 0 Å². The Kier molecular flexibility index (Phi) is 3.50. The van der Waals surface area contributed by atoms with Gasteiger partial charge in [0, 0.05) is 12.5 Å². The van der Waals surface area contributed by atoms with Crippen molar-refractivity contribution in [2.24, 2.45) is 0 Å². The third-order valence-corrected chi connectivity index (χ3v) is 3.55. The van der Waals surface area contributed by atoms with Crippen LogP contribution in [0.15, 0.2) is 12.1 Å². The highest BCUT2D eigenvalue weighted by Gasteiger charge is 2.26. The Balaban J connectivity index is 1.91. The van der Waals surface area contributed by atoms with Crippen LogP contribution in [0, 0.1) is 11.3 Å². The number of nitriles is 1. The Hall–Kier alpha value is -1.44. The molecule has 0 amide bonds. The van der Waals surface area contributed by atoms with E-state index < -0.39 is 0 Å². The van der Waals surface area contributed by atoms with Crippen LogP contribution in [0.4, 0.5) is 0 Å². The van der Waals surface area contributed by atoms with Gasteiger partial charge in [-0.05, 0) is 30.5 Å². The Morgan fingerprint density at radius 1 is 1.32 bits per heavy atom. The number of hydrogen-bond donors (Lipinski definition) is 1. The molecule has 1 saturated carbocycles. The highest BCUT2D eigenvalue weighted by molar-refractivity contribution is 6.32. The summed E-state index contributed by atoms with van der Waals surface area (Å²) < 4.78 is 11.2. The molecule has 0 spiro atoms. The molecular formula is C14H15ClN2O2. The van der Waals surface area contributed by atoms with Gasteiger partial charge in [-0.3, -0.25) is 5.32 Å². The second-order valence-electron chi connectivity index (χ2n) is 4.88. The van der Waals surface area contributed by atoms with E-state index in [1.807, 2.05) is 6.07 Å². The first-order valence-corrected chi connectivity index (χ1v) is 6.90. The van der Waals surface area contributed by atoms with E-state index >= 15 is 0 Å². The molecule has 3 rings (SSSR count). The number of benzene rings is 1. The summed E-state index contributed by atoms with van der Waals surface area (Å²) in [5, 5.41) is 13.1. The van der Waals surface area contributed by atoms with Crippen molar-refractivity contribution in [2.45, 2.75) is 31.3 Å². The monoisotopic (exact) mass is 278 g/mol. The standard InChI is InChI=1S/C14H15ClN2O2/c15-11-6-9(12(8-16)17-10-2-3-10)7-13-14(11)19-5-1-4-18-13/h6-7,10,12,17H,1-5H2. The normalized spacial score (nSPS) is 19.4. The first-order valence-electron chi connectivity index (χ1n) is 6.52. The number of rotatable bonds is 3. The third kappa shape index (κ3) is 2.78. The fourth-order valence-electron chi connectivity index (χ4n) is 2.11. The van der Waals surface area contributed by atoms with Crippen molar-refractivity contribution in [3.8, 4) is 17.6 Å². The molecule has 1 atom stereocenters. The molecule has 2 aliphatic rings. The van der Waals surface area contributed by atoms with E-state index in [9.17, 15) is 5.26 Å². The van der Waals surface area contributed by atoms with Crippen LogP contribution in [0.2, 0.25) is 5.02 Å². The van der Waals surface area contributed by atoms with E-state index in [0.29, 0.717) is 35.8 Å². The van der Waals surface area contributed by atoms with Crippen LogP contribution in [0.1, 0.15) is 30.9 Å². The van der Waals surface area contributed by atoms with Gasteiger partial charge >= 0.3 is 0 Å². The zero-order valence-corrected chi connectivity index (χ0v) is 11.2. The van der Waals surface area contributed by atoms with E-state index in [2.05, 4.69) is 11.4 Å². The molecule has 1 N–H and O–H groups in total. The van der Waals surface area contributed by atoms with Crippen LogP contribution < -0.4 is 14.8 Å². The highest BCUT2D eigenvalue weighted by Crippen LogP contribution is 2.39. The molecule has 1 aromatic rings. The Morgan fingerprint density at radius 3 is 2.84 bits per heavy atom. The summed E-state index contributed by atoms with van der Waals surface area (Å²) in [7, 11) is 0. The summed E-state index contributed by atoms with van der Waals surface area (Å²) in [4.78, 5) is 0. The van der Waals surface area contributed by atoms with Gasteiger partial charge in [0.25, 0.3) is 0 Å². The van der Waals surface area contributed by atoms with Crippen molar-refractivity contribution in [1.82, 2.24) is 5.32 Å². The zero-order chi connectivity index (χ0) is 13.2. The molecule has 1 unspecified atom stereocenters. The van der Waals surface area contributed by atoms with Crippen LogP contribution in [0.5, 0.6) is 11.5 Å². The number of halogens is 1. The van der Waals surface area contributed by atoms with Gasteiger partial charge in [-0.15, -0.1) is 0 Å². The van der Waals surface area contributed by atoms with Crippen molar-refractivity contribution in [2.75, 3.05) is 13.2 Å². The molecule has 100 valence electrons. The number of nitrogens with zero attached hydrogens (tertiary/aromatic N) is 1. The summed E-state index contributed by atoms with van der Waals surface area (Å²) in [6.45, 7) is 1.22. The Bertz CT molecular complexity index is 523. The van der Waals surface area contributed by atoms with E-state index in [0.717, 1.165) is 24.8 Å². The van der Waals surface area contributed by atoms with Crippen LogP contribution in [-0.2, 0) is 0 Å². The first-order chi connectivity index (χ1) is 9.28.